The van der Waals surface area contributed by atoms with Gasteiger partial charge in [0.05, 0.1) is 6.04 Å². The second kappa shape index (κ2) is 9.35. The van der Waals surface area contributed by atoms with Crippen LogP contribution in [0.5, 0.6) is 0 Å². The van der Waals surface area contributed by atoms with Crippen molar-refractivity contribution in [2.24, 2.45) is 5.92 Å². The van der Waals surface area contributed by atoms with Gasteiger partial charge < -0.3 is 10.6 Å². The molecule has 0 aliphatic carbocycles. The van der Waals surface area contributed by atoms with Gasteiger partial charge in [0.25, 0.3) is 0 Å². The van der Waals surface area contributed by atoms with Crippen LogP contribution >= 0.6 is 0 Å². The van der Waals surface area contributed by atoms with Crippen LogP contribution in [-0.4, -0.2) is 49.6 Å². The zero-order chi connectivity index (χ0) is 15.0. The van der Waals surface area contributed by atoms with Crippen LogP contribution < -0.4 is 10.6 Å². The van der Waals surface area contributed by atoms with Crippen molar-refractivity contribution < 1.29 is 4.79 Å². The van der Waals surface area contributed by atoms with Crippen molar-refractivity contribution >= 4 is 5.91 Å². The number of amides is 1. The van der Waals surface area contributed by atoms with Gasteiger partial charge in [0.15, 0.2) is 0 Å². The van der Waals surface area contributed by atoms with Crippen LogP contribution in [0.4, 0.5) is 0 Å². The fraction of sp³-hybridized carbons (Fsp3) is 0.938. The van der Waals surface area contributed by atoms with Crippen LogP contribution in [0, 0.1) is 5.92 Å². The topological polar surface area (TPSA) is 44.4 Å². The Morgan fingerprint density at radius 3 is 2.70 bits per heavy atom. The van der Waals surface area contributed by atoms with Gasteiger partial charge >= 0.3 is 0 Å². The molecule has 1 heterocycles. The molecular formula is C16H33N3O. The van der Waals surface area contributed by atoms with Crippen LogP contribution in [-0.2, 0) is 4.79 Å². The summed E-state index contributed by atoms with van der Waals surface area (Å²) in [5.74, 6) is 0.850. The molecule has 4 heteroatoms. The summed E-state index contributed by atoms with van der Waals surface area (Å²) in [5, 5.41) is 6.49. The van der Waals surface area contributed by atoms with Crippen molar-refractivity contribution in [1.82, 2.24) is 15.5 Å². The first kappa shape index (κ1) is 17.4. The van der Waals surface area contributed by atoms with E-state index in [2.05, 4.69) is 29.4 Å². The summed E-state index contributed by atoms with van der Waals surface area (Å²) >= 11 is 0. The van der Waals surface area contributed by atoms with Crippen LogP contribution in [0.15, 0.2) is 0 Å². The van der Waals surface area contributed by atoms with E-state index < -0.39 is 0 Å². The number of likely N-dealkylation sites (tertiary alicyclic amines) is 1. The Kier molecular flexibility index (Phi) is 8.15. The van der Waals surface area contributed by atoms with Gasteiger partial charge in [0.1, 0.15) is 0 Å². The molecule has 0 bridgehead atoms. The molecule has 3 unspecified atom stereocenters. The van der Waals surface area contributed by atoms with Crippen LogP contribution in [0.25, 0.3) is 0 Å². The Morgan fingerprint density at radius 1 is 1.35 bits per heavy atom. The lowest BCUT2D eigenvalue weighted by Crippen LogP contribution is -2.54. The van der Waals surface area contributed by atoms with Crippen molar-refractivity contribution in [2.75, 3.05) is 26.7 Å². The molecule has 1 aliphatic heterocycles. The number of carbonyl (C=O) groups excluding carboxylic acids is 1. The number of hydrogen-bond acceptors (Lipinski definition) is 3. The van der Waals surface area contributed by atoms with Gasteiger partial charge in [-0.3, -0.25) is 9.69 Å². The van der Waals surface area contributed by atoms with E-state index in [-0.39, 0.29) is 11.9 Å². The van der Waals surface area contributed by atoms with Gasteiger partial charge in [0, 0.05) is 25.7 Å². The van der Waals surface area contributed by atoms with Crippen molar-refractivity contribution in [3.05, 3.63) is 0 Å². The van der Waals surface area contributed by atoms with Crippen molar-refractivity contribution in [1.29, 1.82) is 0 Å². The maximum Gasteiger partial charge on any atom is 0.237 e. The fourth-order valence-corrected chi connectivity index (χ4v) is 3.11. The van der Waals surface area contributed by atoms with Gasteiger partial charge in [-0.2, -0.15) is 0 Å². The Balaban J connectivity index is 2.38. The summed E-state index contributed by atoms with van der Waals surface area (Å²) in [5.41, 5.74) is 0. The minimum absolute atomic E-state index is 0.00322. The lowest BCUT2D eigenvalue weighted by Gasteiger charge is -2.40. The molecule has 0 aromatic heterocycles. The molecule has 118 valence electrons. The van der Waals surface area contributed by atoms with E-state index in [1.165, 1.54) is 19.3 Å². The van der Waals surface area contributed by atoms with Crippen molar-refractivity contribution in [2.45, 2.75) is 65.0 Å². The minimum Gasteiger partial charge on any atom is -0.355 e. The largest absolute Gasteiger partial charge is 0.355 e. The molecule has 1 saturated heterocycles. The highest BCUT2D eigenvalue weighted by molar-refractivity contribution is 5.81. The molecule has 0 radical (unpaired) electrons. The average Bonchev–Trinajstić information content (AvgIpc) is 2.49. The quantitative estimate of drug-likeness (QED) is 0.670. The molecule has 1 rings (SSSR count). The molecule has 1 amide bonds. The summed E-state index contributed by atoms with van der Waals surface area (Å²) in [6.07, 6.45) is 5.80. The van der Waals surface area contributed by atoms with Crippen LogP contribution in [0.2, 0.25) is 0 Å². The first-order chi connectivity index (χ1) is 9.63. The molecule has 0 aromatic rings. The monoisotopic (exact) mass is 283 g/mol. The molecule has 20 heavy (non-hydrogen) atoms. The van der Waals surface area contributed by atoms with Gasteiger partial charge in [-0.15, -0.1) is 0 Å². The predicted molar refractivity (Wildman–Crippen MR) is 84.8 cm³/mol. The number of nitrogens with one attached hydrogen (secondary N) is 2. The lowest BCUT2D eigenvalue weighted by atomic mass is 9.89. The molecule has 0 saturated carbocycles. The number of carbonyl (C=O) groups is 1. The molecule has 0 aromatic carbocycles. The third-order valence-corrected chi connectivity index (χ3v) is 4.67. The maximum atomic E-state index is 12.2. The van der Waals surface area contributed by atoms with E-state index >= 15 is 0 Å². The molecule has 3 atom stereocenters. The number of hydrogen-bond donors (Lipinski definition) is 2. The third-order valence-electron chi connectivity index (χ3n) is 4.67. The number of nitrogens with zero attached hydrogens (tertiary/aromatic N) is 1. The van der Waals surface area contributed by atoms with Crippen LogP contribution in [0.3, 0.4) is 0 Å². The predicted octanol–water partition coefficient (Wildman–Crippen LogP) is 2.00. The van der Waals surface area contributed by atoms with Gasteiger partial charge in [-0.05, 0) is 32.7 Å². The average molecular weight is 283 g/mol. The number of piperidine rings is 1. The molecule has 0 spiro atoms. The molecule has 4 nitrogen and oxygen atoms in total. The van der Waals surface area contributed by atoms with Crippen molar-refractivity contribution in [3.63, 3.8) is 0 Å². The Labute approximate surface area is 124 Å². The first-order valence-corrected chi connectivity index (χ1v) is 8.33. The van der Waals surface area contributed by atoms with E-state index in [0.717, 1.165) is 32.5 Å². The lowest BCUT2D eigenvalue weighted by molar-refractivity contribution is -0.126. The van der Waals surface area contributed by atoms with E-state index in [9.17, 15) is 4.79 Å². The smallest absolute Gasteiger partial charge is 0.237 e. The van der Waals surface area contributed by atoms with Gasteiger partial charge in [-0.1, -0.05) is 33.1 Å². The SMILES string of the molecule is CCCCCNC(=O)C(C)N1CCC(NC)C(CC)C1. The highest BCUT2D eigenvalue weighted by Crippen LogP contribution is 2.21. The third kappa shape index (κ3) is 5.06. The highest BCUT2D eigenvalue weighted by atomic mass is 16.2. The van der Waals surface area contributed by atoms with E-state index in [1.54, 1.807) is 0 Å². The molecule has 2 N–H and O–H groups in total. The summed E-state index contributed by atoms with van der Waals surface area (Å²) in [6.45, 7) is 9.34. The van der Waals surface area contributed by atoms with E-state index in [0.29, 0.717) is 12.0 Å². The normalized spacial score (nSPS) is 25.4. The van der Waals surface area contributed by atoms with Gasteiger partial charge in [-0.25, -0.2) is 0 Å². The van der Waals surface area contributed by atoms with E-state index in [1.807, 2.05) is 14.0 Å². The summed E-state index contributed by atoms with van der Waals surface area (Å²) in [6, 6.07) is 0.611. The summed E-state index contributed by atoms with van der Waals surface area (Å²) in [7, 11) is 2.05. The first-order valence-electron chi connectivity index (χ1n) is 8.33. The second-order valence-electron chi connectivity index (χ2n) is 6.02. The minimum atomic E-state index is 0.00322. The standard InChI is InChI=1S/C16H33N3O/c1-5-7-8-10-18-16(20)13(3)19-11-9-15(17-4)14(6-2)12-19/h13-15,17H,5-12H2,1-4H3,(H,18,20). The zero-order valence-electron chi connectivity index (χ0n) is 13.7. The summed E-state index contributed by atoms with van der Waals surface area (Å²) < 4.78 is 0. The molecule has 1 aliphatic rings. The highest BCUT2D eigenvalue weighted by Gasteiger charge is 2.31. The zero-order valence-corrected chi connectivity index (χ0v) is 13.7. The van der Waals surface area contributed by atoms with Gasteiger partial charge in [0.2, 0.25) is 5.91 Å². The fourth-order valence-electron chi connectivity index (χ4n) is 3.11. The van der Waals surface area contributed by atoms with Crippen LogP contribution in [0.1, 0.15) is 52.9 Å². The number of rotatable bonds is 8. The Morgan fingerprint density at radius 2 is 2.10 bits per heavy atom. The molecule has 1 fully saturated rings. The maximum absolute atomic E-state index is 12.2. The second-order valence-corrected chi connectivity index (χ2v) is 6.02. The summed E-state index contributed by atoms with van der Waals surface area (Å²) in [4.78, 5) is 14.5. The Hall–Kier alpha value is -0.610. The Bertz CT molecular complexity index is 283. The van der Waals surface area contributed by atoms with E-state index in [4.69, 9.17) is 0 Å². The number of unbranched alkanes of at least 4 members (excludes halogenated alkanes) is 2. The molecular weight excluding hydrogens is 250 g/mol. The van der Waals surface area contributed by atoms with Crippen molar-refractivity contribution in [3.8, 4) is 0 Å².